The van der Waals surface area contributed by atoms with Gasteiger partial charge in [0.05, 0.1) is 9.65 Å². The summed E-state index contributed by atoms with van der Waals surface area (Å²) in [5.41, 5.74) is 0. The Morgan fingerprint density at radius 1 is 1.08 bits per heavy atom. The minimum absolute atomic E-state index is 0.124. The van der Waals surface area contributed by atoms with E-state index in [2.05, 4.69) is 31.9 Å². The normalized spacial score (nSPS) is 47.7. The van der Waals surface area contributed by atoms with E-state index in [1.54, 1.807) is 0 Å². The van der Waals surface area contributed by atoms with Gasteiger partial charge in [0.25, 0.3) is 0 Å². The van der Waals surface area contributed by atoms with Crippen LogP contribution >= 0.6 is 31.9 Å². The van der Waals surface area contributed by atoms with Gasteiger partial charge in [-0.3, -0.25) is 4.79 Å². The second-order valence-electron chi connectivity index (χ2n) is 3.89. The Morgan fingerprint density at radius 2 is 1.58 bits per heavy atom. The quantitative estimate of drug-likeness (QED) is 0.628. The number of carbonyl (C=O) groups excluding carboxylic acids is 1. The molecule has 12 heavy (non-hydrogen) atoms. The molecule has 3 heteroatoms. The summed E-state index contributed by atoms with van der Waals surface area (Å²) in [6, 6.07) is 0. The number of carbonyl (C=O) groups is 1. The molecule has 0 aromatic carbocycles. The SMILES string of the molecule is O=C1[C@@H](Br)[C@@H]2CCC[C@@H](C2)[C@H]1Br. The summed E-state index contributed by atoms with van der Waals surface area (Å²) in [7, 11) is 0. The highest BCUT2D eigenvalue weighted by molar-refractivity contribution is 9.10. The van der Waals surface area contributed by atoms with E-state index >= 15 is 0 Å². The molecule has 0 aromatic rings. The maximum absolute atomic E-state index is 11.6. The van der Waals surface area contributed by atoms with Crippen LogP contribution in [0.5, 0.6) is 0 Å². The van der Waals surface area contributed by atoms with Gasteiger partial charge in [-0.05, 0) is 31.1 Å². The van der Waals surface area contributed by atoms with Crippen LogP contribution in [0, 0.1) is 11.8 Å². The first-order valence-electron chi connectivity index (χ1n) is 4.52. The monoisotopic (exact) mass is 294 g/mol. The molecule has 0 radical (unpaired) electrons. The van der Waals surface area contributed by atoms with Crippen LogP contribution in [0.2, 0.25) is 0 Å². The highest BCUT2D eigenvalue weighted by Crippen LogP contribution is 2.43. The van der Waals surface area contributed by atoms with Crippen molar-refractivity contribution >= 4 is 37.6 Å². The summed E-state index contributed by atoms with van der Waals surface area (Å²) in [5, 5.41) is 0. The number of halogens is 2. The number of hydrogen-bond donors (Lipinski definition) is 0. The third-order valence-electron chi connectivity index (χ3n) is 3.13. The minimum Gasteiger partial charge on any atom is -0.297 e. The first kappa shape index (κ1) is 9.20. The van der Waals surface area contributed by atoms with Crippen molar-refractivity contribution in [2.75, 3.05) is 0 Å². The van der Waals surface area contributed by atoms with Crippen molar-refractivity contribution in [3.63, 3.8) is 0 Å². The molecule has 2 aliphatic rings. The van der Waals surface area contributed by atoms with Gasteiger partial charge in [-0.25, -0.2) is 0 Å². The molecule has 2 saturated carbocycles. The maximum atomic E-state index is 11.6. The van der Waals surface area contributed by atoms with Gasteiger partial charge >= 0.3 is 0 Å². The van der Waals surface area contributed by atoms with Crippen LogP contribution in [0.25, 0.3) is 0 Å². The third-order valence-corrected chi connectivity index (χ3v) is 5.52. The topological polar surface area (TPSA) is 17.1 Å². The molecule has 4 atom stereocenters. The first-order chi connectivity index (χ1) is 5.70. The van der Waals surface area contributed by atoms with Crippen LogP contribution < -0.4 is 0 Å². The lowest BCUT2D eigenvalue weighted by atomic mass is 9.72. The predicted molar refractivity (Wildman–Crippen MR) is 55.9 cm³/mol. The van der Waals surface area contributed by atoms with Crippen molar-refractivity contribution in [3.8, 4) is 0 Å². The molecule has 0 amide bonds. The number of Topliss-reactive ketones (excluding diaryl/α,β-unsaturated/α-hetero) is 1. The highest BCUT2D eigenvalue weighted by Gasteiger charge is 2.43. The van der Waals surface area contributed by atoms with E-state index in [0.717, 1.165) is 0 Å². The molecule has 0 aromatic heterocycles. The van der Waals surface area contributed by atoms with Crippen LogP contribution in [-0.2, 0) is 4.79 Å². The third kappa shape index (κ3) is 1.39. The average Bonchev–Trinajstić information content (AvgIpc) is 2.13. The van der Waals surface area contributed by atoms with Crippen LogP contribution in [0.3, 0.4) is 0 Å². The smallest absolute Gasteiger partial charge is 0.160 e. The fourth-order valence-electron chi connectivity index (χ4n) is 2.42. The zero-order valence-corrected chi connectivity index (χ0v) is 9.97. The molecule has 68 valence electrons. The van der Waals surface area contributed by atoms with Crippen molar-refractivity contribution in [3.05, 3.63) is 0 Å². The number of ketones is 1. The van der Waals surface area contributed by atoms with Gasteiger partial charge in [0.15, 0.2) is 5.78 Å². The van der Waals surface area contributed by atoms with E-state index in [0.29, 0.717) is 17.6 Å². The molecular weight excluding hydrogens is 284 g/mol. The molecule has 0 unspecified atom stereocenters. The van der Waals surface area contributed by atoms with Gasteiger partial charge in [-0.15, -0.1) is 0 Å². The zero-order valence-electron chi connectivity index (χ0n) is 6.80. The van der Waals surface area contributed by atoms with Crippen molar-refractivity contribution in [1.29, 1.82) is 0 Å². The summed E-state index contributed by atoms with van der Waals surface area (Å²) in [5.74, 6) is 1.60. The molecule has 1 nitrogen and oxygen atoms in total. The van der Waals surface area contributed by atoms with E-state index in [1.807, 2.05) is 0 Å². The molecule has 0 spiro atoms. The molecular formula is C9H12Br2O. The molecule has 2 bridgehead atoms. The number of fused-ring (bicyclic) bond motifs is 2. The first-order valence-corrected chi connectivity index (χ1v) is 6.35. The minimum atomic E-state index is 0.124. The second-order valence-corrected chi connectivity index (χ2v) is 5.87. The summed E-state index contributed by atoms with van der Waals surface area (Å²) in [4.78, 5) is 11.9. The van der Waals surface area contributed by atoms with Crippen LogP contribution in [0.15, 0.2) is 0 Å². The van der Waals surface area contributed by atoms with E-state index in [4.69, 9.17) is 0 Å². The lowest BCUT2D eigenvalue weighted by Crippen LogP contribution is -2.44. The summed E-state index contributed by atoms with van der Waals surface area (Å²) in [6.45, 7) is 0. The Balaban J connectivity index is 2.18. The molecule has 0 aliphatic heterocycles. The Kier molecular flexibility index (Phi) is 2.61. The number of hydrogen-bond acceptors (Lipinski definition) is 1. The van der Waals surface area contributed by atoms with Gasteiger partial charge in [-0.1, -0.05) is 38.3 Å². The molecule has 0 heterocycles. The Bertz CT molecular complexity index is 187. The van der Waals surface area contributed by atoms with E-state index in [1.165, 1.54) is 25.7 Å². The lowest BCUT2D eigenvalue weighted by Gasteiger charge is -2.39. The summed E-state index contributed by atoms with van der Waals surface area (Å²) in [6.07, 6.45) is 5.00. The van der Waals surface area contributed by atoms with Gasteiger partial charge < -0.3 is 0 Å². The van der Waals surface area contributed by atoms with Gasteiger partial charge in [-0.2, -0.15) is 0 Å². The molecule has 2 aliphatic carbocycles. The molecule has 2 rings (SSSR count). The van der Waals surface area contributed by atoms with Crippen molar-refractivity contribution in [2.45, 2.75) is 35.3 Å². The Morgan fingerprint density at radius 3 is 2.08 bits per heavy atom. The van der Waals surface area contributed by atoms with E-state index in [-0.39, 0.29) is 9.65 Å². The van der Waals surface area contributed by atoms with E-state index in [9.17, 15) is 4.79 Å². The maximum Gasteiger partial charge on any atom is 0.160 e. The lowest BCUT2D eigenvalue weighted by molar-refractivity contribution is -0.122. The van der Waals surface area contributed by atoms with Crippen molar-refractivity contribution < 1.29 is 4.79 Å². The highest BCUT2D eigenvalue weighted by atomic mass is 79.9. The zero-order chi connectivity index (χ0) is 8.72. The fraction of sp³-hybridized carbons (Fsp3) is 0.889. The molecule has 0 N–H and O–H groups in total. The number of rotatable bonds is 0. The van der Waals surface area contributed by atoms with Crippen molar-refractivity contribution in [1.82, 2.24) is 0 Å². The fourth-order valence-corrected chi connectivity index (χ4v) is 4.30. The van der Waals surface area contributed by atoms with Gasteiger partial charge in [0.2, 0.25) is 0 Å². The van der Waals surface area contributed by atoms with Crippen molar-refractivity contribution in [2.24, 2.45) is 11.8 Å². The molecule has 2 fully saturated rings. The molecule has 0 saturated heterocycles. The van der Waals surface area contributed by atoms with Crippen LogP contribution in [0.4, 0.5) is 0 Å². The Hall–Kier alpha value is 0.630. The number of alkyl halides is 2. The van der Waals surface area contributed by atoms with Crippen LogP contribution in [0.1, 0.15) is 25.7 Å². The standard InChI is InChI=1S/C9H12Br2O/c10-7-5-2-1-3-6(4-5)8(11)9(7)12/h5-8H,1-4H2/t5-,6+,7+,8-. The largest absolute Gasteiger partial charge is 0.297 e. The summed E-state index contributed by atoms with van der Waals surface area (Å²) >= 11 is 7.00. The second kappa shape index (κ2) is 3.41. The Labute approximate surface area is 89.5 Å². The van der Waals surface area contributed by atoms with Gasteiger partial charge in [0, 0.05) is 0 Å². The van der Waals surface area contributed by atoms with Crippen LogP contribution in [-0.4, -0.2) is 15.4 Å². The van der Waals surface area contributed by atoms with Gasteiger partial charge in [0.1, 0.15) is 0 Å². The average molecular weight is 296 g/mol. The summed E-state index contributed by atoms with van der Waals surface area (Å²) < 4.78 is 0. The predicted octanol–water partition coefficient (Wildman–Crippen LogP) is 2.90. The van der Waals surface area contributed by atoms with E-state index < -0.39 is 0 Å².